The third kappa shape index (κ3) is 6.13. The number of pyridine rings is 1. The summed E-state index contributed by atoms with van der Waals surface area (Å²) in [6, 6.07) is 10.7. The number of rotatable bonds is 6. The van der Waals surface area contributed by atoms with E-state index in [0.717, 1.165) is 18.4 Å². The first-order chi connectivity index (χ1) is 19.9. The van der Waals surface area contributed by atoms with Gasteiger partial charge in [-0.3, -0.25) is 14.4 Å². The molecule has 5 rings (SSSR count). The Morgan fingerprint density at radius 3 is 2.33 bits per heavy atom. The smallest absolute Gasteiger partial charge is 0.387 e. The number of aromatic nitrogens is 1. The summed E-state index contributed by atoms with van der Waals surface area (Å²) in [5, 5.41) is 15.4. The second kappa shape index (κ2) is 11.8. The van der Waals surface area contributed by atoms with Gasteiger partial charge in [-0.25, -0.2) is 0 Å². The molecule has 0 radical (unpaired) electrons. The minimum absolute atomic E-state index is 0.0666. The number of alkyl halides is 3. The summed E-state index contributed by atoms with van der Waals surface area (Å²) in [5.41, 5.74) is -0.835. The predicted octanol–water partition coefficient (Wildman–Crippen LogP) is 3.67. The minimum Gasteiger partial charge on any atom is -0.387 e. The van der Waals surface area contributed by atoms with Crippen molar-refractivity contribution in [1.29, 1.82) is 0 Å². The molecule has 2 N–H and O–H groups in total. The van der Waals surface area contributed by atoms with Crippen LogP contribution in [0.3, 0.4) is 0 Å². The number of likely N-dealkylation sites (tertiary alicyclic amines) is 1. The van der Waals surface area contributed by atoms with Gasteiger partial charge in [0, 0.05) is 68.4 Å². The fraction of sp³-hybridized carbons (Fsp3) is 0.581. The summed E-state index contributed by atoms with van der Waals surface area (Å²) in [6.45, 7) is 3.89. The Bertz CT molecular complexity index is 1350. The maximum Gasteiger partial charge on any atom is 0.389 e. The van der Waals surface area contributed by atoms with E-state index in [-0.39, 0.29) is 37.5 Å². The molecule has 2 aliphatic heterocycles. The lowest BCUT2D eigenvalue weighted by atomic mass is 9.65. The topological polar surface area (TPSA) is 94.9 Å². The normalized spacial score (nSPS) is 23.3. The monoisotopic (exact) mass is 588 g/mol. The summed E-state index contributed by atoms with van der Waals surface area (Å²) in [4.78, 5) is 43.5. The van der Waals surface area contributed by atoms with Crippen LogP contribution >= 0.6 is 0 Å². The van der Waals surface area contributed by atoms with Crippen molar-refractivity contribution >= 4 is 11.8 Å². The van der Waals surface area contributed by atoms with Gasteiger partial charge < -0.3 is 24.8 Å². The van der Waals surface area contributed by atoms with E-state index >= 15 is 0 Å². The molecule has 2 unspecified atom stereocenters. The lowest BCUT2D eigenvalue weighted by Gasteiger charge is -2.52. The molecule has 11 heteroatoms. The van der Waals surface area contributed by atoms with Crippen molar-refractivity contribution in [3.63, 3.8) is 0 Å². The second-order valence-corrected chi connectivity index (χ2v) is 12.2. The van der Waals surface area contributed by atoms with Gasteiger partial charge in [0.15, 0.2) is 0 Å². The second-order valence-electron chi connectivity index (χ2n) is 12.2. The van der Waals surface area contributed by atoms with Gasteiger partial charge in [-0.05, 0) is 24.8 Å². The quantitative estimate of drug-likeness (QED) is 0.537. The zero-order valence-corrected chi connectivity index (χ0v) is 24.0. The minimum atomic E-state index is -4.44. The molecule has 2 aromatic rings. The molecule has 3 aliphatic rings. The van der Waals surface area contributed by atoms with E-state index in [1.54, 1.807) is 11.1 Å². The number of carbonyl (C=O) groups is 2. The van der Waals surface area contributed by atoms with Crippen LogP contribution in [0.5, 0.6) is 0 Å². The van der Waals surface area contributed by atoms with Gasteiger partial charge in [-0.15, -0.1) is 0 Å². The van der Waals surface area contributed by atoms with E-state index in [4.69, 9.17) is 0 Å². The summed E-state index contributed by atoms with van der Waals surface area (Å²) >= 11 is 0. The van der Waals surface area contributed by atoms with E-state index in [1.165, 1.54) is 22.5 Å². The fourth-order valence-corrected chi connectivity index (χ4v) is 7.08. The highest BCUT2D eigenvalue weighted by Gasteiger charge is 2.56. The van der Waals surface area contributed by atoms with Crippen molar-refractivity contribution in [2.24, 2.45) is 11.3 Å². The first-order valence-electron chi connectivity index (χ1n) is 14.8. The van der Waals surface area contributed by atoms with Gasteiger partial charge in [0.25, 0.3) is 11.5 Å². The van der Waals surface area contributed by atoms with Gasteiger partial charge in [0.05, 0.1) is 24.1 Å². The summed E-state index contributed by atoms with van der Waals surface area (Å²) in [6.07, 6.45) is -1.11. The van der Waals surface area contributed by atoms with Crippen LogP contribution in [0.2, 0.25) is 0 Å². The van der Waals surface area contributed by atoms with Crippen molar-refractivity contribution in [3.05, 3.63) is 58.5 Å². The molecule has 42 heavy (non-hydrogen) atoms. The van der Waals surface area contributed by atoms with Gasteiger partial charge in [0.2, 0.25) is 5.91 Å². The van der Waals surface area contributed by atoms with Crippen molar-refractivity contribution in [3.8, 4) is 11.1 Å². The van der Waals surface area contributed by atoms with Crippen LogP contribution in [0.1, 0.15) is 55.8 Å². The molecule has 1 aromatic carbocycles. The highest BCUT2D eigenvalue weighted by Crippen LogP contribution is 2.52. The molecule has 8 nitrogen and oxygen atoms in total. The molecule has 228 valence electrons. The molecule has 2 saturated heterocycles. The zero-order valence-electron chi connectivity index (χ0n) is 24.0. The third-order valence-corrected chi connectivity index (χ3v) is 9.38. The molecule has 2 amide bonds. The third-order valence-electron chi connectivity index (χ3n) is 9.38. The Labute approximate surface area is 243 Å². The predicted molar refractivity (Wildman–Crippen MR) is 152 cm³/mol. The maximum atomic E-state index is 13.8. The first kappa shape index (κ1) is 30.3. The van der Waals surface area contributed by atoms with E-state index < -0.39 is 35.4 Å². The van der Waals surface area contributed by atoms with Crippen LogP contribution in [0.25, 0.3) is 11.1 Å². The Kier molecular flexibility index (Phi) is 8.53. The van der Waals surface area contributed by atoms with Crippen LogP contribution in [0.15, 0.2) is 47.4 Å². The van der Waals surface area contributed by atoms with E-state index in [0.29, 0.717) is 50.1 Å². The van der Waals surface area contributed by atoms with Crippen molar-refractivity contribution in [1.82, 2.24) is 19.7 Å². The van der Waals surface area contributed by atoms with Gasteiger partial charge in [-0.2, -0.15) is 13.2 Å². The highest BCUT2D eigenvalue weighted by molar-refractivity contribution is 6.00. The largest absolute Gasteiger partial charge is 0.389 e. The Hall–Kier alpha value is -3.18. The van der Waals surface area contributed by atoms with E-state index in [9.17, 15) is 32.7 Å². The Morgan fingerprint density at radius 1 is 1.02 bits per heavy atom. The number of nitrogens with one attached hydrogen (secondary N) is 1. The van der Waals surface area contributed by atoms with Crippen LogP contribution in [0, 0.1) is 11.3 Å². The molecule has 3 heterocycles. The van der Waals surface area contributed by atoms with Crippen molar-refractivity contribution in [2.75, 3.05) is 39.3 Å². The molecule has 1 saturated carbocycles. The fourth-order valence-electron chi connectivity index (χ4n) is 7.08. The maximum absolute atomic E-state index is 13.8. The first-order valence-corrected chi connectivity index (χ1v) is 14.8. The Balaban J connectivity index is 1.46. The number of nitrogens with zero attached hydrogens (tertiary/aromatic N) is 3. The summed E-state index contributed by atoms with van der Waals surface area (Å²) < 4.78 is 40.4. The molecule has 1 aromatic heterocycles. The average Bonchev–Trinajstić information content (AvgIpc) is 3.45. The number of carbonyl (C=O) groups excluding carboxylic acids is 2. The number of aliphatic hydroxyl groups is 1. The van der Waals surface area contributed by atoms with Crippen molar-refractivity contribution in [2.45, 2.75) is 63.8 Å². The van der Waals surface area contributed by atoms with Gasteiger partial charge in [0.1, 0.15) is 0 Å². The van der Waals surface area contributed by atoms with E-state index in [2.05, 4.69) is 5.32 Å². The van der Waals surface area contributed by atoms with Crippen LogP contribution in [0.4, 0.5) is 13.2 Å². The van der Waals surface area contributed by atoms with E-state index in [1.807, 2.05) is 30.3 Å². The molecular weight excluding hydrogens is 549 g/mol. The molecule has 1 aliphatic carbocycles. The summed E-state index contributed by atoms with van der Waals surface area (Å²) in [5.74, 6) is -1.96. The number of hydrogen-bond acceptors (Lipinski definition) is 5. The van der Waals surface area contributed by atoms with Gasteiger partial charge in [-0.1, -0.05) is 50.1 Å². The number of piperidine rings is 1. The Morgan fingerprint density at radius 2 is 1.69 bits per heavy atom. The van der Waals surface area contributed by atoms with Crippen LogP contribution < -0.4 is 10.9 Å². The zero-order chi connectivity index (χ0) is 30.1. The molecule has 1 spiro atoms. The van der Waals surface area contributed by atoms with Gasteiger partial charge >= 0.3 is 6.18 Å². The highest BCUT2D eigenvalue weighted by atomic mass is 19.4. The number of benzene rings is 1. The number of piperazine rings is 1. The summed E-state index contributed by atoms with van der Waals surface area (Å²) in [7, 11) is 0. The standard InChI is InChI=1S/C31H39F3N4O4/c1-22(18-31(32,33)34)27(40)37-14-11-30(42,29(20-37)9-5-6-10-29)21-38-19-25(28(41)36-15-12-35-13-16-36)24(17-26(38)39)23-7-3-2-4-8-23/h2-4,7-8,17,19,22,35,42H,5-6,9-16,18,20-21H2,1H3. The van der Waals surface area contributed by atoms with Crippen molar-refractivity contribution < 1.29 is 27.9 Å². The lowest BCUT2D eigenvalue weighted by Crippen LogP contribution is -2.62. The number of amides is 2. The van der Waals surface area contributed by atoms with Crippen LogP contribution in [-0.2, 0) is 11.3 Å². The SMILES string of the molecule is CC(CC(F)(F)F)C(=O)N1CCC(O)(Cn2cc(C(=O)N3CCNCC3)c(-c3ccccc3)cc2=O)C2(CCCC2)C1. The average molecular weight is 589 g/mol. The molecule has 3 fully saturated rings. The number of hydrogen-bond donors (Lipinski definition) is 2. The molecule has 0 bridgehead atoms. The molecular formula is C31H39F3N4O4. The number of halogens is 3. The molecule has 2 atom stereocenters. The lowest BCUT2D eigenvalue weighted by molar-refractivity contribution is -0.172. The van der Waals surface area contributed by atoms with Crippen LogP contribution in [-0.4, -0.2) is 82.3 Å².